The van der Waals surface area contributed by atoms with Gasteiger partial charge in [-0.25, -0.2) is 0 Å². The first-order valence-electron chi connectivity index (χ1n) is 8.14. The summed E-state index contributed by atoms with van der Waals surface area (Å²) in [5.41, 5.74) is 3.79. The van der Waals surface area contributed by atoms with E-state index in [4.69, 9.17) is 0 Å². The summed E-state index contributed by atoms with van der Waals surface area (Å²) in [6.07, 6.45) is 0.871. The number of hydrogen-bond acceptors (Lipinski definition) is 2. The molecule has 122 valence electrons. The Morgan fingerprint density at radius 3 is 2.43 bits per heavy atom. The Kier molecular flexibility index (Phi) is 6.36. The van der Waals surface area contributed by atoms with Gasteiger partial charge in [-0.05, 0) is 44.0 Å². The smallest absolute Gasteiger partial charge is 0.234 e. The molecule has 0 saturated heterocycles. The number of aryl methyl sites for hydroxylation is 1. The molecule has 1 amide bonds. The number of likely N-dealkylation sites (N-methyl/N-ethyl adjacent to an activating group) is 1. The Morgan fingerprint density at radius 2 is 1.74 bits per heavy atom. The lowest BCUT2D eigenvalue weighted by atomic mass is 10.1. The van der Waals surface area contributed by atoms with Gasteiger partial charge in [0.25, 0.3) is 0 Å². The summed E-state index contributed by atoms with van der Waals surface area (Å²) >= 11 is 0. The molecular formula is C20H26N2O. The van der Waals surface area contributed by atoms with Crippen LogP contribution in [-0.4, -0.2) is 30.9 Å². The van der Waals surface area contributed by atoms with E-state index < -0.39 is 0 Å². The molecule has 2 rings (SSSR count). The Labute approximate surface area is 139 Å². The molecule has 0 bridgehead atoms. The third-order valence-corrected chi connectivity index (χ3v) is 4.31. The van der Waals surface area contributed by atoms with E-state index >= 15 is 0 Å². The van der Waals surface area contributed by atoms with Gasteiger partial charge in [0, 0.05) is 12.6 Å². The topological polar surface area (TPSA) is 32.3 Å². The average Bonchev–Trinajstić information content (AvgIpc) is 2.56. The second kappa shape index (κ2) is 8.49. The number of benzene rings is 2. The van der Waals surface area contributed by atoms with Crippen molar-refractivity contribution in [2.45, 2.75) is 26.3 Å². The van der Waals surface area contributed by atoms with Crippen LogP contribution in [0.4, 0.5) is 0 Å². The highest BCUT2D eigenvalue weighted by Gasteiger charge is 2.14. The summed E-state index contributed by atoms with van der Waals surface area (Å²) in [6.45, 7) is 5.31. The largest absolute Gasteiger partial charge is 0.355 e. The molecular weight excluding hydrogens is 284 g/mol. The normalized spacial score (nSPS) is 12.2. The first kappa shape index (κ1) is 17.2. The van der Waals surface area contributed by atoms with Crippen LogP contribution in [-0.2, 0) is 11.2 Å². The molecule has 0 fully saturated rings. The number of nitrogens with zero attached hydrogens (tertiary/aromatic N) is 1. The van der Waals surface area contributed by atoms with Crippen LogP contribution in [0.2, 0.25) is 0 Å². The van der Waals surface area contributed by atoms with Crippen molar-refractivity contribution >= 4 is 5.91 Å². The van der Waals surface area contributed by atoms with Crippen LogP contribution in [0.25, 0.3) is 0 Å². The maximum atomic E-state index is 12.1. The molecule has 2 aromatic rings. The summed E-state index contributed by atoms with van der Waals surface area (Å²) in [4.78, 5) is 14.2. The van der Waals surface area contributed by atoms with E-state index in [2.05, 4.69) is 48.3 Å². The second-order valence-corrected chi connectivity index (χ2v) is 6.03. The summed E-state index contributed by atoms with van der Waals surface area (Å²) in [7, 11) is 1.98. The third kappa shape index (κ3) is 5.22. The standard InChI is InChI=1S/C20H26N2O/c1-16-9-7-8-10-18(16)13-14-21-20(23)15-22(3)17(2)19-11-5-4-6-12-19/h4-12,17H,13-15H2,1-3H3,(H,21,23). The number of nitrogens with one attached hydrogen (secondary N) is 1. The quantitative estimate of drug-likeness (QED) is 0.850. The number of rotatable bonds is 7. The van der Waals surface area contributed by atoms with Crippen molar-refractivity contribution in [3.8, 4) is 0 Å². The Balaban J connectivity index is 1.77. The highest BCUT2D eigenvalue weighted by atomic mass is 16.2. The molecule has 0 aliphatic heterocycles. The van der Waals surface area contributed by atoms with Crippen LogP contribution in [0.15, 0.2) is 54.6 Å². The van der Waals surface area contributed by atoms with Gasteiger partial charge in [0.15, 0.2) is 0 Å². The first-order chi connectivity index (χ1) is 11.1. The monoisotopic (exact) mass is 310 g/mol. The molecule has 0 aromatic heterocycles. The molecule has 23 heavy (non-hydrogen) atoms. The van der Waals surface area contributed by atoms with Crippen molar-refractivity contribution in [3.63, 3.8) is 0 Å². The highest BCUT2D eigenvalue weighted by molar-refractivity contribution is 5.78. The predicted molar refractivity (Wildman–Crippen MR) is 95.4 cm³/mol. The molecule has 1 atom stereocenters. The molecule has 0 spiro atoms. The minimum atomic E-state index is 0.0730. The third-order valence-electron chi connectivity index (χ3n) is 4.31. The number of carbonyl (C=O) groups excluding carboxylic acids is 1. The van der Waals surface area contributed by atoms with Crippen molar-refractivity contribution in [1.82, 2.24) is 10.2 Å². The molecule has 0 radical (unpaired) electrons. The van der Waals surface area contributed by atoms with Crippen molar-refractivity contribution < 1.29 is 4.79 Å². The minimum Gasteiger partial charge on any atom is -0.355 e. The molecule has 1 unspecified atom stereocenters. The molecule has 3 heteroatoms. The zero-order chi connectivity index (χ0) is 16.7. The van der Waals surface area contributed by atoms with Crippen molar-refractivity contribution in [3.05, 3.63) is 71.3 Å². The Hall–Kier alpha value is -2.13. The lowest BCUT2D eigenvalue weighted by molar-refractivity contribution is -0.122. The lowest BCUT2D eigenvalue weighted by Crippen LogP contribution is -2.37. The molecule has 3 nitrogen and oxygen atoms in total. The number of hydrogen-bond donors (Lipinski definition) is 1. The second-order valence-electron chi connectivity index (χ2n) is 6.03. The maximum absolute atomic E-state index is 12.1. The van der Waals surface area contributed by atoms with E-state index in [1.807, 2.05) is 37.4 Å². The highest BCUT2D eigenvalue weighted by Crippen LogP contribution is 2.17. The molecule has 2 aromatic carbocycles. The van der Waals surface area contributed by atoms with Gasteiger partial charge in [0.1, 0.15) is 0 Å². The maximum Gasteiger partial charge on any atom is 0.234 e. The molecule has 0 heterocycles. The lowest BCUT2D eigenvalue weighted by Gasteiger charge is -2.24. The molecule has 1 N–H and O–H groups in total. The summed E-state index contributed by atoms with van der Waals surface area (Å²) in [5.74, 6) is 0.0730. The molecule has 0 aliphatic rings. The number of amides is 1. The first-order valence-corrected chi connectivity index (χ1v) is 8.14. The van der Waals surface area contributed by atoms with Gasteiger partial charge >= 0.3 is 0 Å². The van der Waals surface area contributed by atoms with Crippen LogP contribution in [0.5, 0.6) is 0 Å². The SMILES string of the molecule is Cc1ccccc1CCNC(=O)CN(C)C(C)c1ccccc1. The van der Waals surface area contributed by atoms with Crippen LogP contribution >= 0.6 is 0 Å². The van der Waals surface area contributed by atoms with Gasteiger partial charge < -0.3 is 5.32 Å². The van der Waals surface area contributed by atoms with Crippen molar-refractivity contribution in [1.29, 1.82) is 0 Å². The van der Waals surface area contributed by atoms with Crippen LogP contribution in [0.3, 0.4) is 0 Å². The van der Waals surface area contributed by atoms with E-state index in [-0.39, 0.29) is 11.9 Å². The zero-order valence-corrected chi connectivity index (χ0v) is 14.3. The van der Waals surface area contributed by atoms with Crippen LogP contribution < -0.4 is 5.32 Å². The van der Waals surface area contributed by atoms with E-state index in [0.717, 1.165) is 6.42 Å². The van der Waals surface area contributed by atoms with Crippen molar-refractivity contribution in [2.24, 2.45) is 0 Å². The fraction of sp³-hybridized carbons (Fsp3) is 0.350. The predicted octanol–water partition coefficient (Wildman–Crippen LogP) is 3.35. The Bertz CT molecular complexity index is 625. The summed E-state index contributed by atoms with van der Waals surface area (Å²) in [5, 5.41) is 3.02. The van der Waals surface area contributed by atoms with E-state index in [1.165, 1.54) is 16.7 Å². The van der Waals surface area contributed by atoms with Crippen LogP contribution in [0, 0.1) is 6.92 Å². The number of carbonyl (C=O) groups is 1. The summed E-state index contributed by atoms with van der Waals surface area (Å²) < 4.78 is 0. The van der Waals surface area contributed by atoms with Gasteiger partial charge in [-0.1, -0.05) is 54.6 Å². The van der Waals surface area contributed by atoms with Gasteiger partial charge in [-0.15, -0.1) is 0 Å². The minimum absolute atomic E-state index is 0.0730. The van der Waals surface area contributed by atoms with E-state index in [1.54, 1.807) is 0 Å². The van der Waals surface area contributed by atoms with E-state index in [9.17, 15) is 4.79 Å². The van der Waals surface area contributed by atoms with E-state index in [0.29, 0.717) is 13.1 Å². The van der Waals surface area contributed by atoms with Gasteiger partial charge in [0.05, 0.1) is 6.54 Å². The van der Waals surface area contributed by atoms with Gasteiger partial charge in [-0.3, -0.25) is 9.69 Å². The van der Waals surface area contributed by atoms with Crippen molar-refractivity contribution in [2.75, 3.05) is 20.1 Å². The van der Waals surface area contributed by atoms with Crippen LogP contribution in [0.1, 0.15) is 29.7 Å². The molecule has 0 saturated carbocycles. The summed E-state index contributed by atoms with van der Waals surface area (Å²) in [6, 6.07) is 18.8. The zero-order valence-electron chi connectivity index (χ0n) is 14.3. The molecule has 0 aliphatic carbocycles. The van der Waals surface area contributed by atoms with Gasteiger partial charge in [-0.2, -0.15) is 0 Å². The average molecular weight is 310 g/mol. The van der Waals surface area contributed by atoms with Gasteiger partial charge in [0.2, 0.25) is 5.91 Å². The fourth-order valence-electron chi connectivity index (χ4n) is 2.63. The Morgan fingerprint density at radius 1 is 1.09 bits per heavy atom. The fourth-order valence-corrected chi connectivity index (χ4v) is 2.63.